The molecule has 0 radical (unpaired) electrons. The number of fused-ring (bicyclic) bond motifs is 3. The van der Waals surface area contributed by atoms with Crippen LogP contribution in [0.2, 0.25) is 0 Å². The number of aromatic nitrogens is 4. The van der Waals surface area contributed by atoms with E-state index in [0.29, 0.717) is 11.5 Å². The van der Waals surface area contributed by atoms with Gasteiger partial charge in [0.1, 0.15) is 5.82 Å². The molecule has 0 unspecified atom stereocenters. The third-order valence-corrected chi connectivity index (χ3v) is 12.7. The Labute approximate surface area is 393 Å². The molecule has 0 fully saturated rings. The van der Waals surface area contributed by atoms with E-state index in [9.17, 15) is 0 Å². The quantitative estimate of drug-likeness (QED) is 0.107. The maximum Gasteiger partial charge on any atom is 0.267 e. The monoisotopic (exact) mass is 1020 g/mol. The molecular formula is C58H56N4OPt-2. The molecular weight excluding hydrogens is 964 g/mol. The average molecular weight is 1020 g/mol. The number of hydrogen-bond donors (Lipinski definition) is 0. The van der Waals surface area contributed by atoms with E-state index in [-0.39, 0.29) is 42.7 Å². The first-order valence-electron chi connectivity index (χ1n) is 22.0. The fourth-order valence-corrected chi connectivity index (χ4v) is 8.85. The topological polar surface area (TPSA) is 35.9 Å². The minimum Gasteiger partial charge on any atom is -0.510 e. The van der Waals surface area contributed by atoms with Crippen molar-refractivity contribution < 1.29 is 30.4 Å². The van der Waals surface area contributed by atoms with E-state index in [1.54, 1.807) is 0 Å². The van der Waals surface area contributed by atoms with Gasteiger partial charge in [-0.1, -0.05) is 171 Å². The predicted octanol–water partition coefficient (Wildman–Crippen LogP) is 13.7. The summed E-state index contributed by atoms with van der Waals surface area (Å²) in [6.07, 6.45) is 7.77. The van der Waals surface area contributed by atoms with E-state index in [2.05, 4.69) is 236 Å². The second-order valence-corrected chi connectivity index (χ2v) is 19.9. The van der Waals surface area contributed by atoms with Crippen molar-refractivity contribution in [3.63, 3.8) is 0 Å². The molecule has 0 amide bonds. The minimum absolute atomic E-state index is 0. The van der Waals surface area contributed by atoms with Gasteiger partial charge in [-0.15, -0.1) is 29.8 Å². The Bertz CT molecular complexity index is 3110. The van der Waals surface area contributed by atoms with Gasteiger partial charge in [0.05, 0.1) is 11.4 Å². The zero-order valence-electron chi connectivity index (χ0n) is 38.5. The molecule has 0 aliphatic carbocycles. The molecule has 5 nitrogen and oxygen atoms in total. The predicted molar refractivity (Wildman–Crippen MR) is 257 cm³/mol. The number of pyridine rings is 1. The van der Waals surface area contributed by atoms with E-state index >= 15 is 0 Å². The number of rotatable bonds is 9. The van der Waals surface area contributed by atoms with Crippen LogP contribution in [-0.4, -0.2) is 14.1 Å². The standard InChI is InChI=1S/C58H56N4O.Pt/c1-55(2,3)49-36-47(37-51-54(49)48-29-17-18-30-50(48)62(51)53-34-43(31-32-59-53)58(9,10)41-23-15-12-16-24-41)63-46-28-20-26-44(35-46)60-38-52(56(4,5)6)61(39-60)45-27-19-25-42(33-45)57(7,8)40-21-13-11-14-22-40;/h11-34,36,38H,1-10H3;/q-2;. The van der Waals surface area contributed by atoms with Crippen molar-refractivity contribution in [2.24, 2.45) is 0 Å². The maximum atomic E-state index is 6.81. The zero-order valence-corrected chi connectivity index (χ0v) is 40.8. The normalized spacial score (nSPS) is 12.4. The molecule has 9 rings (SSSR count). The summed E-state index contributed by atoms with van der Waals surface area (Å²) in [4.78, 5) is 5.01. The van der Waals surface area contributed by atoms with E-state index in [0.717, 1.165) is 44.7 Å². The van der Waals surface area contributed by atoms with Gasteiger partial charge in [-0.3, -0.25) is 4.57 Å². The first-order chi connectivity index (χ1) is 30.0. The Morgan fingerprint density at radius 1 is 0.562 bits per heavy atom. The van der Waals surface area contributed by atoms with Crippen molar-refractivity contribution >= 4 is 21.8 Å². The molecule has 0 aliphatic rings. The van der Waals surface area contributed by atoms with Crippen LogP contribution in [-0.2, 0) is 42.7 Å². The van der Waals surface area contributed by atoms with Crippen molar-refractivity contribution in [3.05, 3.63) is 210 Å². The van der Waals surface area contributed by atoms with Gasteiger partial charge in [0.2, 0.25) is 0 Å². The Morgan fingerprint density at radius 3 is 1.83 bits per heavy atom. The van der Waals surface area contributed by atoms with Crippen LogP contribution in [0, 0.1) is 18.5 Å². The number of benzene rings is 6. The van der Waals surface area contributed by atoms with Crippen LogP contribution in [0.5, 0.6) is 11.5 Å². The molecule has 0 N–H and O–H groups in total. The van der Waals surface area contributed by atoms with Crippen molar-refractivity contribution in [1.82, 2.24) is 14.1 Å². The van der Waals surface area contributed by atoms with Gasteiger partial charge in [-0.2, -0.15) is 12.1 Å². The molecule has 326 valence electrons. The van der Waals surface area contributed by atoms with Gasteiger partial charge >= 0.3 is 0 Å². The molecule has 64 heavy (non-hydrogen) atoms. The molecule has 0 saturated carbocycles. The summed E-state index contributed by atoms with van der Waals surface area (Å²) >= 11 is 0. The molecule has 0 aliphatic heterocycles. The average Bonchev–Trinajstić information content (AvgIpc) is 3.88. The van der Waals surface area contributed by atoms with Crippen LogP contribution < -0.4 is 9.30 Å². The molecule has 6 aromatic carbocycles. The SMILES string of the molecule is CC(C)(C)c1cc(Oc2[c-]c(-n3[c-][n+](-c4cccc(C(C)(C)c5ccccc5)c4)c(C(C)(C)C)c3)ccc2)[c-]c2c1c1ccccc1n2-c1cc(C(C)(C)c2ccccc2)ccn1.[Pt]. The van der Waals surface area contributed by atoms with E-state index < -0.39 is 0 Å². The van der Waals surface area contributed by atoms with Crippen LogP contribution in [0.1, 0.15) is 103 Å². The molecule has 0 bridgehead atoms. The van der Waals surface area contributed by atoms with Crippen molar-refractivity contribution in [2.75, 3.05) is 0 Å². The molecule has 0 atom stereocenters. The Morgan fingerprint density at radius 2 is 1.17 bits per heavy atom. The van der Waals surface area contributed by atoms with Gasteiger partial charge < -0.3 is 13.9 Å². The van der Waals surface area contributed by atoms with Crippen molar-refractivity contribution in [1.29, 1.82) is 0 Å². The fourth-order valence-electron chi connectivity index (χ4n) is 8.85. The minimum atomic E-state index is -0.236. The Kier molecular flexibility index (Phi) is 11.7. The van der Waals surface area contributed by atoms with Crippen LogP contribution in [0.4, 0.5) is 0 Å². The maximum absolute atomic E-state index is 6.81. The smallest absolute Gasteiger partial charge is 0.267 e. The summed E-state index contributed by atoms with van der Waals surface area (Å²) in [6, 6.07) is 58.7. The third-order valence-electron chi connectivity index (χ3n) is 12.7. The van der Waals surface area contributed by atoms with E-state index in [1.165, 1.54) is 27.8 Å². The first-order valence-corrected chi connectivity index (χ1v) is 22.0. The summed E-state index contributed by atoms with van der Waals surface area (Å²) < 4.78 is 13.3. The first kappa shape index (κ1) is 44.6. The van der Waals surface area contributed by atoms with E-state index in [1.807, 2.05) is 22.9 Å². The number of imidazole rings is 1. The van der Waals surface area contributed by atoms with Gasteiger partial charge in [0.15, 0.2) is 0 Å². The van der Waals surface area contributed by atoms with Crippen LogP contribution in [0.25, 0.3) is 39.0 Å². The summed E-state index contributed by atoms with van der Waals surface area (Å²) in [5.74, 6) is 2.04. The van der Waals surface area contributed by atoms with E-state index in [4.69, 9.17) is 9.72 Å². The Balaban J connectivity index is 0.00000560. The number of ether oxygens (including phenoxy) is 1. The second-order valence-electron chi connectivity index (χ2n) is 19.9. The number of para-hydroxylation sites is 1. The Hall–Kier alpha value is -6.03. The fraction of sp³-hybridized carbons (Fsp3) is 0.241. The van der Waals surface area contributed by atoms with Gasteiger partial charge in [0, 0.05) is 61.3 Å². The summed E-state index contributed by atoms with van der Waals surface area (Å²) in [5.41, 5.74) is 10.3. The summed E-state index contributed by atoms with van der Waals surface area (Å²) in [7, 11) is 0. The molecule has 6 heteroatoms. The van der Waals surface area contributed by atoms with Gasteiger partial charge in [0.25, 0.3) is 6.33 Å². The summed E-state index contributed by atoms with van der Waals surface area (Å²) in [6.45, 7) is 22.6. The molecule has 0 spiro atoms. The molecule has 3 aromatic heterocycles. The largest absolute Gasteiger partial charge is 0.510 e. The second kappa shape index (κ2) is 16.8. The van der Waals surface area contributed by atoms with Crippen molar-refractivity contribution in [2.45, 2.75) is 90.9 Å². The summed E-state index contributed by atoms with van der Waals surface area (Å²) in [5, 5.41) is 2.30. The zero-order chi connectivity index (χ0) is 44.3. The van der Waals surface area contributed by atoms with Crippen LogP contribution in [0.15, 0.2) is 158 Å². The molecule has 3 heterocycles. The molecule has 0 saturated heterocycles. The van der Waals surface area contributed by atoms with Crippen LogP contribution in [0.3, 0.4) is 0 Å². The molecule has 9 aromatic rings. The van der Waals surface area contributed by atoms with Gasteiger partial charge in [-0.25, -0.2) is 4.98 Å². The number of nitrogens with zero attached hydrogens (tertiary/aromatic N) is 4. The third kappa shape index (κ3) is 8.27. The number of hydrogen-bond acceptors (Lipinski definition) is 2. The van der Waals surface area contributed by atoms with Crippen LogP contribution >= 0.6 is 0 Å². The van der Waals surface area contributed by atoms with Crippen molar-refractivity contribution in [3.8, 4) is 28.7 Å². The van der Waals surface area contributed by atoms with Gasteiger partial charge in [-0.05, 0) is 74.5 Å².